The second-order valence-corrected chi connectivity index (χ2v) is 5.61. The van der Waals surface area contributed by atoms with E-state index in [1.54, 1.807) is 11.3 Å². The highest BCUT2D eigenvalue weighted by Crippen LogP contribution is 2.23. The first-order valence-corrected chi connectivity index (χ1v) is 7.45. The van der Waals surface area contributed by atoms with Gasteiger partial charge in [-0.05, 0) is 47.7 Å². The summed E-state index contributed by atoms with van der Waals surface area (Å²) < 4.78 is 5.77. The van der Waals surface area contributed by atoms with E-state index in [2.05, 4.69) is 53.2 Å². The van der Waals surface area contributed by atoms with Crippen molar-refractivity contribution in [3.8, 4) is 5.75 Å². The predicted octanol–water partition coefficient (Wildman–Crippen LogP) is 3.70. The SMILES string of the molecule is C1=C(c2ccc(OCc3cccs3)cc2)CCNC1. The van der Waals surface area contributed by atoms with Crippen LogP contribution in [0.15, 0.2) is 47.9 Å². The van der Waals surface area contributed by atoms with Crippen LogP contribution < -0.4 is 10.1 Å². The molecule has 3 heteroatoms. The zero-order valence-electron chi connectivity index (χ0n) is 10.8. The minimum Gasteiger partial charge on any atom is -0.488 e. The molecule has 1 N–H and O–H groups in total. The maximum atomic E-state index is 5.77. The highest BCUT2D eigenvalue weighted by Gasteiger charge is 2.05. The average molecular weight is 271 g/mol. The highest BCUT2D eigenvalue weighted by molar-refractivity contribution is 7.09. The standard InChI is InChI=1S/C16H17NOS/c1-2-16(19-11-1)12-18-15-5-3-13(4-6-15)14-7-9-17-10-8-14/h1-7,11,17H,8-10,12H2. The lowest BCUT2D eigenvalue weighted by Crippen LogP contribution is -2.19. The molecule has 2 aromatic rings. The van der Waals surface area contributed by atoms with E-state index in [9.17, 15) is 0 Å². The van der Waals surface area contributed by atoms with E-state index in [-0.39, 0.29) is 0 Å². The lowest BCUT2D eigenvalue weighted by Gasteiger charge is -2.14. The van der Waals surface area contributed by atoms with Gasteiger partial charge in [-0.2, -0.15) is 0 Å². The van der Waals surface area contributed by atoms with Crippen molar-refractivity contribution in [2.75, 3.05) is 13.1 Å². The molecule has 1 aromatic carbocycles. The molecule has 0 saturated carbocycles. The topological polar surface area (TPSA) is 21.3 Å². The van der Waals surface area contributed by atoms with Gasteiger partial charge >= 0.3 is 0 Å². The first kappa shape index (κ1) is 12.5. The molecule has 1 aliphatic rings. The van der Waals surface area contributed by atoms with E-state index < -0.39 is 0 Å². The van der Waals surface area contributed by atoms with Crippen molar-refractivity contribution in [2.45, 2.75) is 13.0 Å². The van der Waals surface area contributed by atoms with E-state index >= 15 is 0 Å². The fourth-order valence-corrected chi connectivity index (χ4v) is 2.82. The number of hydrogen-bond donors (Lipinski definition) is 1. The molecule has 0 unspecified atom stereocenters. The second kappa shape index (κ2) is 6.04. The summed E-state index contributed by atoms with van der Waals surface area (Å²) in [5.74, 6) is 0.937. The Morgan fingerprint density at radius 1 is 1.16 bits per heavy atom. The summed E-state index contributed by atoms with van der Waals surface area (Å²) in [7, 11) is 0. The molecule has 0 amide bonds. The average Bonchev–Trinajstić information content (AvgIpc) is 3.00. The van der Waals surface area contributed by atoms with Crippen LogP contribution in [0.2, 0.25) is 0 Å². The van der Waals surface area contributed by atoms with Crippen molar-refractivity contribution in [3.05, 3.63) is 58.3 Å². The van der Waals surface area contributed by atoms with E-state index in [0.717, 1.165) is 25.3 Å². The minimum absolute atomic E-state index is 0.656. The Kier molecular flexibility index (Phi) is 3.96. The maximum Gasteiger partial charge on any atom is 0.122 e. The third-order valence-electron chi connectivity index (χ3n) is 3.25. The Morgan fingerprint density at radius 3 is 2.74 bits per heavy atom. The summed E-state index contributed by atoms with van der Waals surface area (Å²) in [6, 6.07) is 12.6. The molecule has 1 aromatic heterocycles. The first-order valence-electron chi connectivity index (χ1n) is 6.57. The smallest absolute Gasteiger partial charge is 0.122 e. The maximum absolute atomic E-state index is 5.77. The van der Waals surface area contributed by atoms with Crippen LogP contribution in [-0.2, 0) is 6.61 Å². The van der Waals surface area contributed by atoms with Gasteiger partial charge in [0.1, 0.15) is 12.4 Å². The Balaban J connectivity index is 1.63. The van der Waals surface area contributed by atoms with Gasteiger partial charge < -0.3 is 10.1 Å². The highest BCUT2D eigenvalue weighted by atomic mass is 32.1. The number of thiophene rings is 1. The largest absolute Gasteiger partial charge is 0.488 e. The number of benzene rings is 1. The van der Waals surface area contributed by atoms with Crippen LogP contribution in [0.25, 0.3) is 5.57 Å². The van der Waals surface area contributed by atoms with Gasteiger partial charge in [0.25, 0.3) is 0 Å². The van der Waals surface area contributed by atoms with Gasteiger partial charge in [-0.3, -0.25) is 0 Å². The van der Waals surface area contributed by atoms with E-state index in [1.807, 2.05) is 0 Å². The van der Waals surface area contributed by atoms with Crippen LogP contribution in [0, 0.1) is 0 Å². The Hall–Kier alpha value is -1.58. The zero-order valence-corrected chi connectivity index (χ0v) is 11.6. The number of ether oxygens (including phenoxy) is 1. The van der Waals surface area contributed by atoms with Gasteiger partial charge in [0, 0.05) is 11.4 Å². The van der Waals surface area contributed by atoms with E-state index in [4.69, 9.17) is 4.74 Å². The molecule has 0 atom stereocenters. The minimum atomic E-state index is 0.656. The quantitative estimate of drug-likeness (QED) is 0.915. The van der Waals surface area contributed by atoms with Crippen molar-refractivity contribution in [3.63, 3.8) is 0 Å². The first-order chi connectivity index (χ1) is 9.42. The van der Waals surface area contributed by atoms with Crippen molar-refractivity contribution in [1.29, 1.82) is 0 Å². The molecule has 0 bridgehead atoms. The Bertz CT molecular complexity index is 543. The number of hydrogen-bond acceptors (Lipinski definition) is 3. The summed E-state index contributed by atoms with van der Waals surface area (Å²) in [4.78, 5) is 1.25. The van der Waals surface area contributed by atoms with Gasteiger partial charge in [-0.15, -0.1) is 11.3 Å². The third-order valence-corrected chi connectivity index (χ3v) is 4.10. The van der Waals surface area contributed by atoms with Crippen LogP contribution in [0.1, 0.15) is 16.9 Å². The molecular weight excluding hydrogens is 254 g/mol. The fraction of sp³-hybridized carbons (Fsp3) is 0.250. The molecule has 1 aliphatic heterocycles. The van der Waals surface area contributed by atoms with Gasteiger partial charge in [0.15, 0.2) is 0 Å². The molecule has 0 saturated heterocycles. The van der Waals surface area contributed by atoms with Crippen molar-refractivity contribution in [2.24, 2.45) is 0 Å². The van der Waals surface area contributed by atoms with Gasteiger partial charge in [0.05, 0.1) is 0 Å². The predicted molar refractivity (Wildman–Crippen MR) is 80.6 cm³/mol. The summed E-state index contributed by atoms with van der Waals surface area (Å²) >= 11 is 1.73. The molecule has 0 fully saturated rings. The molecule has 0 spiro atoms. The van der Waals surface area contributed by atoms with E-state index in [0.29, 0.717) is 6.61 Å². The fourth-order valence-electron chi connectivity index (χ4n) is 2.20. The molecule has 2 heterocycles. The van der Waals surface area contributed by atoms with Crippen LogP contribution in [0.3, 0.4) is 0 Å². The molecule has 2 nitrogen and oxygen atoms in total. The van der Waals surface area contributed by atoms with Crippen molar-refractivity contribution >= 4 is 16.9 Å². The Morgan fingerprint density at radius 2 is 2.05 bits per heavy atom. The third kappa shape index (κ3) is 3.25. The lowest BCUT2D eigenvalue weighted by molar-refractivity contribution is 0.310. The number of rotatable bonds is 4. The summed E-state index contributed by atoms with van der Waals surface area (Å²) in [5.41, 5.74) is 2.74. The summed E-state index contributed by atoms with van der Waals surface area (Å²) in [6.07, 6.45) is 3.38. The van der Waals surface area contributed by atoms with Gasteiger partial charge in [-0.1, -0.05) is 24.3 Å². The van der Waals surface area contributed by atoms with Crippen LogP contribution in [-0.4, -0.2) is 13.1 Å². The van der Waals surface area contributed by atoms with E-state index in [1.165, 1.54) is 16.0 Å². The molecule has 98 valence electrons. The number of nitrogens with one attached hydrogen (secondary N) is 1. The molecule has 0 radical (unpaired) electrons. The Labute approximate surface area is 117 Å². The lowest BCUT2D eigenvalue weighted by atomic mass is 10.0. The second-order valence-electron chi connectivity index (χ2n) is 4.58. The van der Waals surface area contributed by atoms with Gasteiger partial charge in [0.2, 0.25) is 0 Å². The zero-order chi connectivity index (χ0) is 12.9. The van der Waals surface area contributed by atoms with Gasteiger partial charge in [-0.25, -0.2) is 0 Å². The van der Waals surface area contributed by atoms with Crippen molar-refractivity contribution < 1.29 is 4.74 Å². The molecule has 0 aliphatic carbocycles. The van der Waals surface area contributed by atoms with Crippen LogP contribution in [0.5, 0.6) is 5.75 Å². The monoisotopic (exact) mass is 271 g/mol. The molecule has 3 rings (SSSR count). The van der Waals surface area contributed by atoms with Crippen LogP contribution >= 0.6 is 11.3 Å². The van der Waals surface area contributed by atoms with Crippen molar-refractivity contribution in [1.82, 2.24) is 5.32 Å². The van der Waals surface area contributed by atoms with Crippen LogP contribution in [0.4, 0.5) is 0 Å². The summed E-state index contributed by atoms with van der Waals surface area (Å²) in [6.45, 7) is 2.71. The molecular formula is C16H17NOS. The normalized spacial score (nSPS) is 15.1. The molecule has 19 heavy (non-hydrogen) atoms. The summed E-state index contributed by atoms with van der Waals surface area (Å²) in [5, 5.41) is 5.41.